The van der Waals surface area contributed by atoms with Gasteiger partial charge in [0.1, 0.15) is 18.3 Å². The largest absolute Gasteiger partial charge is 0.445 e. The van der Waals surface area contributed by atoms with E-state index in [1.54, 1.807) is 0 Å². The molecule has 1 aliphatic rings. The predicted molar refractivity (Wildman–Crippen MR) is 144 cm³/mol. The number of halogens is 3. The van der Waals surface area contributed by atoms with Crippen LogP contribution in [0.25, 0.3) is 0 Å². The van der Waals surface area contributed by atoms with E-state index in [0.717, 1.165) is 16.7 Å². The Bertz CT molecular complexity index is 1100. The standard InChI is InChI=1S/C28H28Cl3NO5/c29-28(30,31)27(32)37-26-25(35-18-22-14-8-3-9-15-22)24(34-17-21-12-6-2-7-13-21)23(36-26)19-33-16-20-10-4-1-5-11-20/h1-15,23-26,32H,16-19H2/t23-,24-,25+,26-/m1/s1. The Labute approximate surface area is 231 Å². The van der Waals surface area contributed by atoms with Gasteiger partial charge in [0.2, 0.25) is 12.2 Å². The molecule has 4 rings (SSSR count). The van der Waals surface area contributed by atoms with Crippen molar-refractivity contribution in [1.29, 1.82) is 5.41 Å². The average Bonchev–Trinajstić information content (AvgIpc) is 3.23. The molecule has 1 heterocycles. The number of hydrogen-bond acceptors (Lipinski definition) is 6. The molecule has 1 N–H and O–H groups in total. The smallest absolute Gasteiger partial charge is 0.265 e. The summed E-state index contributed by atoms with van der Waals surface area (Å²) in [6, 6.07) is 29.3. The SMILES string of the molecule is N=C(O[C@H]1O[C@H](COCc2ccccc2)[C@@H](OCc2ccccc2)[C@@H]1OCc1ccccc1)C(Cl)(Cl)Cl. The van der Waals surface area contributed by atoms with Gasteiger partial charge in [0.05, 0.1) is 26.4 Å². The molecule has 1 aliphatic heterocycles. The van der Waals surface area contributed by atoms with Crippen molar-refractivity contribution in [2.24, 2.45) is 0 Å². The predicted octanol–water partition coefficient (Wildman–Crippen LogP) is 6.46. The molecule has 196 valence electrons. The van der Waals surface area contributed by atoms with Crippen molar-refractivity contribution in [3.05, 3.63) is 108 Å². The van der Waals surface area contributed by atoms with E-state index >= 15 is 0 Å². The van der Waals surface area contributed by atoms with Gasteiger partial charge in [-0.3, -0.25) is 5.41 Å². The highest BCUT2D eigenvalue weighted by molar-refractivity contribution is 6.76. The number of nitrogens with one attached hydrogen (secondary N) is 1. The summed E-state index contributed by atoms with van der Waals surface area (Å²) in [5.41, 5.74) is 2.99. The number of benzene rings is 3. The number of rotatable bonds is 11. The van der Waals surface area contributed by atoms with E-state index in [9.17, 15) is 0 Å². The van der Waals surface area contributed by atoms with Gasteiger partial charge in [-0.1, -0.05) is 126 Å². The van der Waals surface area contributed by atoms with Gasteiger partial charge in [0, 0.05) is 0 Å². The van der Waals surface area contributed by atoms with Gasteiger partial charge in [-0.05, 0) is 16.7 Å². The van der Waals surface area contributed by atoms with Crippen LogP contribution in [0.2, 0.25) is 0 Å². The molecule has 0 spiro atoms. The summed E-state index contributed by atoms with van der Waals surface area (Å²) in [5, 5.41) is 8.08. The molecule has 0 aromatic heterocycles. The molecule has 1 fully saturated rings. The lowest BCUT2D eigenvalue weighted by Gasteiger charge is -2.26. The van der Waals surface area contributed by atoms with E-state index < -0.39 is 34.3 Å². The van der Waals surface area contributed by atoms with Gasteiger partial charge in [-0.15, -0.1) is 0 Å². The molecule has 9 heteroatoms. The fourth-order valence-corrected chi connectivity index (χ4v) is 4.02. The van der Waals surface area contributed by atoms with E-state index in [2.05, 4.69) is 0 Å². The molecule has 4 atom stereocenters. The van der Waals surface area contributed by atoms with E-state index in [-0.39, 0.29) is 13.2 Å². The Kier molecular flexibility index (Phi) is 10.2. The molecular weight excluding hydrogens is 537 g/mol. The summed E-state index contributed by atoms with van der Waals surface area (Å²) in [7, 11) is 0. The van der Waals surface area contributed by atoms with E-state index in [4.69, 9.17) is 63.9 Å². The third kappa shape index (κ3) is 8.42. The molecule has 3 aromatic rings. The van der Waals surface area contributed by atoms with Crippen LogP contribution in [0.15, 0.2) is 91.0 Å². The third-order valence-corrected chi connectivity index (χ3v) is 6.24. The molecule has 0 saturated carbocycles. The maximum atomic E-state index is 8.08. The highest BCUT2D eigenvalue weighted by Crippen LogP contribution is 2.34. The first-order chi connectivity index (χ1) is 17.9. The summed E-state index contributed by atoms with van der Waals surface area (Å²) < 4.78 is 28.3. The molecular formula is C28H28Cl3NO5. The van der Waals surface area contributed by atoms with Gasteiger partial charge in [0.25, 0.3) is 3.79 Å². The van der Waals surface area contributed by atoms with Crippen LogP contribution in [0.4, 0.5) is 0 Å². The van der Waals surface area contributed by atoms with Gasteiger partial charge in [-0.25, -0.2) is 0 Å². The van der Waals surface area contributed by atoms with Crippen molar-refractivity contribution in [2.45, 2.75) is 48.2 Å². The zero-order valence-electron chi connectivity index (χ0n) is 20.0. The van der Waals surface area contributed by atoms with Crippen molar-refractivity contribution >= 4 is 40.7 Å². The third-order valence-electron chi connectivity index (χ3n) is 5.72. The maximum absolute atomic E-state index is 8.08. The normalized spacial score (nSPS) is 21.6. The maximum Gasteiger partial charge on any atom is 0.265 e. The Hall–Kier alpha value is -2.16. The fourth-order valence-electron chi connectivity index (χ4n) is 3.88. The van der Waals surface area contributed by atoms with Crippen LogP contribution in [0, 0.1) is 5.41 Å². The number of ether oxygens (including phenoxy) is 5. The van der Waals surface area contributed by atoms with Crippen molar-refractivity contribution < 1.29 is 23.7 Å². The Morgan fingerprint density at radius 3 is 1.65 bits per heavy atom. The molecule has 1 saturated heterocycles. The molecule has 0 unspecified atom stereocenters. The number of alkyl halides is 3. The van der Waals surface area contributed by atoms with E-state index in [0.29, 0.717) is 13.2 Å². The van der Waals surface area contributed by atoms with Crippen LogP contribution < -0.4 is 0 Å². The summed E-state index contributed by atoms with van der Waals surface area (Å²) in [5.74, 6) is -0.566. The van der Waals surface area contributed by atoms with Gasteiger partial charge in [-0.2, -0.15) is 0 Å². The molecule has 0 aliphatic carbocycles. The van der Waals surface area contributed by atoms with Crippen LogP contribution in [0.5, 0.6) is 0 Å². The second kappa shape index (κ2) is 13.6. The Balaban J connectivity index is 1.51. The Morgan fingerprint density at radius 1 is 0.703 bits per heavy atom. The minimum atomic E-state index is -2.05. The molecule has 0 amide bonds. The molecule has 0 bridgehead atoms. The lowest BCUT2D eigenvalue weighted by Crippen LogP contribution is -2.41. The second-order valence-electron chi connectivity index (χ2n) is 8.51. The van der Waals surface area contributed by atoms with E-state index in [1.807, 2.05) is 91.0 Å². The van der Waals surface area contributed by atoms with Crippen molar-refractivity contribution in [3.8, 4) is 0 Å². The van der Waals surface area contributed by atoms with Crippen molar-refractivity contribution in [3.63, 3.8) is 0 Å². The summed E-state index contributed by atoms with van der Waals surface area (Å²) in [4.78, 5) is 0. The monoisotopic (exact) mass is 563 g/mol. The van der Waals surface area contributed by atoms with Gasteiger partial charge < -0.3 is 23.7 Å². The Morgan fingerprint density at radius 2 is 1.16 bits per heavy atom. The van der Waals surface area contributed by atoms with E-state index in [1.165, 1.54) is 0 Å². The number of hydrogen-bond donors (Lipinski definition) is 1. The summed E-state index contributed by atoms with van der Waals surface area (Å²) >= 11 is 17.6. The van der Waals surface area contributed by atoms with Crippen LogP contribution >= 0.6 is 34.8 Å². The first kappa shape index (κ1) is 27.9. The minimum Gasteiger partial charge on any atom is -0.445 e. The minimum absolute atomic E-state index is 0.209. The fraction of sp³-hybridized carbons (Fsp3) is 0.321. The van der Waals surface area contributed by atoms with Gasteiger partial charge >= 0.3 is 0 Å². The van der Waals surface area contributed by atoms with Crippen molar-refractivity contribution in [2.75, 3.05) is 6.61 Å². The van der Waals surface area contributed by atoms with Crippen LogP contribution in [0.3, 0.4) is 0 Å². The first-order valence-electron chi connectivity index (χ1n) is 11.8. The molecule has 6 nitrogen and oxygen atoms in total. The zero-order valence-corrected chi connectivity index (χ0v) is 22.2. The molecule has 37 heavy (non-hydrogen) atoms. The highest BCUT2D eigenvalue weighted by Gasteiger charge is 2.49. The van der Waals surface area contributed by atoms with Gasteiger partial charge in [0.15, 0.2) is 0 Å². The molecule has 3 aromatic carbocycles. The summed E-state index contributed by atoms with van der Waals surface area (Å²) in [6.07, 6.45) is -2.89. The average molecular weight is 565 g/mol. The lowest BCUT2D eigenvalue weighted by atomic mass is 10.1. The van der Waals surface area contributed by atoms with Crippen molar-refractivity contribution in [1.82, 2.24) is 0 Å². The zero-order chi connectivity index (χ0) is 26.1. The summed E-state index contributed by atoms with van der Waals surface area (Å²) in [6.45, 7) is 1.21. The topological polar surface area (TPSA) is 70.0 Å². The molecule has 0 radical (unpaired) electrons. The highest BCUT2D eigenvalue weighted by atomic mass is 35.6. The van der Waals surface area contributed by atoms with Crippen LogP contribution in [0.1, 0.15) is 16.7 Å². The van der Waals surface area contributed by atoms with Crippen LogP contribution in [-0.4, -0.2) is 40.9 Å². The van der Waals surface area contributed by atoms with Crippen LogP contribution in [-0.2, 0) is 43.5 Å². The quantitative estimate of drug-likeness (QED) is 0.164. The second-order valence-corrected chi connectivity index (χ2v) is 10.8. The lowest BCUT2D eigenvalue weighted by molar-refractivity contribution is -0.146. The first-order valence-corrected chi connectivity index (χ1v) is 12.9.